The molecule has 15 heavy (non-hydrogen) atoms. The second-order valence-corrected chi connectivity index (χ2v) is 5.04. The van der Waals surface area contributed by atoms with Crippen LogP contribution in [0.4, 0.5) is 0 Å². The summed E-state index contributed by atoms with van der Waals surface area (Å²) < 4.78 is 0. The highest BCUT2D eigenvalue weighted by Gasteiger charge is 2.32. The quantitative estimate of drug-likeness (QED) is 0.671. The van der Waals surface area contributed by atoms with E-state index in [1.807, 2.05) is 6.08 Å². The second-order valence-electron chi connectivity index (χ2n) is 5.04. The van der Waals surface area contributed by atoms with Crippen LogP contribution in [0.5, 0.6) is 0 Å². The number of carbonyl (C=O) groups excluding carboxylic acids is 1. The molecule has 0 saturated heterocycles. The summed E-state index contributed by atoms with van der Waals surface area (Å²) in [4.78, 5) is 11.2. The third-order valence-corrected chi connectivity index (χ3v) is 3.14. The van der Waals surface area contributed by atoms with Crippen LogP contribution in [-0.4, -0.2) is 11.4 Å². The van der Waals surface area contributed by atoms with Crippen LogP contribution in [0.3, 0.4) is 0 Å². The van der Waals surface area contributed by atoms with Gasteiger partial charge in [0.2, 0.25) is 5.91 Å². The van der Waals surface area contributed by atoms with Gasteiger partial charge in [-0.1, -0.05) is 33.8 Å². The van der Waals surface area contributed by atoms with E-state index in [4.69, 9.17) is 0 Å². The number of rotatable bonds is 6. The molecule has 0 aliphatic heterocycles. The van der Waals surface area contributed by atoms with Gasteiger partial charge in [0, 0.05) is 12.5 Å². The van der Waals surface area contributed by atoms with Crippen LogP contribution in [0.25, 0.3) is 0 Å². The molecular weight excluding hydrogens is 186 g/mol. The normalized spacial score (nSPS) is 12.3. The SMILES string of the molecule is C=CC(C)(C)CC(CC)(CC)NC(C)=O. The Kier molecular flexibility index (Phi) is 5.06. The van der Waals surface area contributed by atoms with E-state index in [9.17, 15) is 4.79 Å². The maximum atomic E-state index is 11.2. The summed E-state index contributed by atoms with van der Waals surface area (Å²) in [6.07, 6.45) is 4.83. The van der Waals surface area contributed by atoms with Crippen LogP contribution < -0.4 is 5.32 Å². The maximum Gasteiger partial charge on any atom is 0.217 e. The number of hydrogen-bond donors (Lipinski definition) is 1. The summed E-state index contributed by atoms with van der Waals surface area (Å²) in [5.41, 5.74) is -0.0159. The molecule has 0 aromatic carbocycles. The van der Waals surface area contributed by atoms with Gasteiger partial charge in [-0.3, -0.25) is 4.79 Å². The third-order valence-electron chi connectivity index (χ3n) is 3.14. The Bertz CT molecular complexity index is 227. The summed E-state index contributed by atoms with van der Waals surface area (Å²) in [5.74, 6) is 0.0542. The van der Waals surface area contributed by atoms with Crippen molar-refractivity contribution in [3.05, 3.63) is 12.7 Å². The fourth-order valence-corrected chi connectivity index (χ4v) is 2.04. The van der Waals surface area contributed by atoms with Crippen molar-refractivity contribution in [2.24, 2.45) is 5.41 Å². The predicted octanol–water partition coefficient (Wildman–Crippen LogP) is 3.28. The van der Waals surface area contributed by atoms with Crippen LogP contribution >= 0.6 is 0 Å². The number of allylic oxidation sites excluding steroid dienone is 1. The number of hydrogen-bond acceptors (Lipinski definition) is 1. The summed E-state index contributed by atoms with van der Waals surface area (Å²) in [7, 11) is 0. The van der Waals surface area contributed by atoms with Gasteiger partial charge in [-0.25, -0.2) is 0 Å². The van der Waals surface area contributed by atoms with Gasteiger partial charge in [0.05, 0.1) is 0 Å². The molecule has 0 aliphatic carbocycles. The summed E-state index contributed by atoms with van der Waals surface area (Å²) in [5, 5.41) is 3.10. The minimum absolute atomic E-state index is 0.0542. The lowest BCUT2D eigenvalue weighted by Gasteiger charge is -2.38. The topological polar surface area (TPSA) is 29.1 Å². The molecule has 0 rings (SSSR count). The molecule has 0 aromatic heterocycles. The molecule has 2 heteroatoms. The summed E-state index contributed by atoms with van der Waals surface area (Å²) >= 11 is 0. The first kappa shape index (κ1) is 14.2. The standard InChI is InChI=1S/C13H25NO/c1-7-12(5,6)10-13(8-2,9-3)14-11(4)15/h7H,1,8-10H2,2-6H3,(H,14,15). The molecule has 88 valence electrons. The average molecular weight is 211 g/mol. The van der Waals surface area contributed by atoms with Crippen molar-refractivity contribution in [2.75, 3.05) is 0 Å². The fraction of sp³-hybridized carbons (Fsp3) is 0.769. The van der Waals surface area contributed by atoms with Crippen LogP contribution in [-0.2, 0) is 4.79 Å². The minimum atomic E-state index is -0.0798. The van der Waals surface area contributed by atoms with E-state index in [1.54, 1.807) is 6.92 Å². The van der Waals surface area contributed by atoms with Gasteiger partial charge in [-0.2, -0.15) is 0 Å². The number of nitrogens with one attached hydrogen (secondary N) is 1. The van der Waals surface area contributed by atoms with Crippen molar-refractivity contribution in [1.82, 2.24) is 5.32 Å². The molecule has 0 radical (unpaired) electrons. The van der Waals surface area contributed by atoms with Gasteiger partial charge >= 0.3 is 0 Å². The highest BCUT2D eigenvalue weighted by Crippen LogP contribution is 2.33. The van der Waals surface area contributed by atoms with E-state index >= 15 is 0 Å². The molecule has 0 aromatic rings. The molecule has 1 amide bonds. The van der Waals surface area contributed by atoms with Gasteiger partial charge in [0.15, 0.2) is 0 Å². The van der Waals surface area contributed by atoms with Crippen molar-refractivity contribution < 1.29 is 4.79 Å². The molecule has 0 heterocycles. The molecule has 0 bridgehead atoms. The lowest BCUT2D eigenvalue weighted by Crippen LogP contribution is -2.49. The highest BCUT2D eigenvalue weighted by molar-refractivity contribution is 5.73. The molecule has 0 saturated carbocycles. The van der Waals surface area contributed by atoms with Crippen LogP contribution in [0, 0.1) is 5.41 Å². The summed E-state index contributed by atoms with van der Waals surface area (Å²) in [6, 6.07) is 0. The number of amides is 1. The van der Waals surface area contributed by atoms with Crippen LogP contribution in [0.1, 0.15) is 53.9 Å². The van der Waals surface area contributed by atoms with Crippen molar-refractivity contribution in [3.8, 4) is 0 Å². The third kappa shape index (κ3) is 4.50. The van der Waals surface area contributed by atoms with Crippen molar-refractivity contribution in [1.29, 1.82) is 0 Å². The first-order valence-corrected chi connectivity index (χ1v) is 5.73. The zero-order valence-electron chi connectivity index (χ0n) is 10.8. The first-order chi connectivity index (χ1) is 6.81. The molecular formula is C13H25NO. The lowest BCUT2D eigenvalue weighted by atomic mass is 9.75. The van der Waals surface area contributed by atoms with Crippen molar-refractivity contribution in [3.63, 3.8) is 0 Å². The Balaban J connectivity index is 4.78. The second kappa shape index (κ2) is 5.34. The maximum absolute atomic E-state index is 11.2. The van der Waals surface area contributed by atoms with Crippen LogP contribution in [0.15, 0.2) is 12.7 Å². The summed E-state index contributed by atoms with van der Waals surface area (Å²) in [6.45, 7) is 14.0. The predicted molar refractivity (Wildman–Crippen MR) is 65.7 cm³/mol. The molecule has 1 N–H and O–H groups in total. The fourth-order valence-electron chi connectivity index (χ4n) is 2.04. The van der Waals surface area contributed by atoms with E-state index in [0.29, 0.717) is 0 Å². The molecule has 0 unspecified atom stereocenters. The molecule has 0 fully saturated rings. The zero-order chi connectivity index (χ0) is 12.1. The van der Waals surface area contributed by atoms with Crippen molar-refractivity contribution in [2.45, 2.75) is 59.4 Å². The zero-order valence-corrected chi connectivity index (χ0v) is 10.8. The Hall–Kier alpha value is -0.790. The number of carbonyl (C=O) groups is 1. The van der Waals surface area contributed by atoms with E-state index in [0.717, 1.165) is 19.3 Å². The van der Waals surface area contributed by atoms with Gasteiger partial charge in [0.25, 0.3) is 0 Å². The Labute approximate surface area is 94.1 Å². The highest BCUT2D eigenvalue weighted by atomic mass is 16.1. The molecule has 0 aliphatic rings. The monoisotopic (exact) mass is 211 g/mol. The Morgan fingerprint density at radius 2 is 1.80 bits per heavy atom. The van der Waals surface area contributed by atoms with Crippen molar-refractivity contribution >= 4 is 5.91 Å². The van der Waals surface area contributed by atoms with E-state index in [-0.39, 0.29) is 16.9 Å². The Morgan fingerprint density at radius 1 is 1.33 bits per heavy atom. The largest absolute Gasteiger partial charge is 0.351 e. The minimum Gasteiger partial charge on any atom is -0.351 e. The van der Waals surface area contributed by atoms with Gasteiger partial charge < -0.3 is 5.32 Å². The van der Waals surface area contributed by atoms with Gasteiger partial charge in [0.1, 0.15) is 0 Å². The average Bonchev–Trinajstić information content (AvgIpc) is 2.15. The molecule has 2 nitrogen and oxygen atoms in total. The van der Waals surface area contributed by atoms with E-state index in [2.05, 4.69) is 39.6 Å². The molecule has 0 spiro atoms. The van der Waals surface area contributed by atoms with Crippen LogP contribution in [0.2, 0.25) is 0 Å². The van der Waals surface area contributed by atoms with Gasteiger partial charge in [-0.05, 0) is 24.7 Å². The van der Waals surface area contributed by atoms with E-state index in [1.165, 1.54) is 0 Å². The van der Waals surface area contributed by atoms with E-state index < -0.39 is 0 Å². The molecule has 0 atom stereocenters. The smallest absolute Gasteiger partial charge is 0.217 e. The van der Waals surface area contributed by atoms with Gasteiger partial charge in [-0.15, -0.1) is 6.58 Å². The first-order valence-electron chi connectivity index (χ1n) is 5.73. The lowest BCUT2D eigenvalue weighted by molar-refractivity contribution is -0.121. The Morgan fingerprint density at radius 3 is 2.07 bits per heavy atom.